The van der Waals surface area contributed by atoms with E-state index in [-0.39, 0.29) is 0 Å². The summed E-state index contributed by atoms with van der Waals surface area (Å²) in [7, 11) is 2.09. The van der Waals surface area contributed by atoms with Crippen LogP contribution in [0.4, 0.5) is 11.4 Å². The van der Waals surface area contributed by atoms with Gasteiger partial charge >= 0.3 is 0 Å². The fraction of sp³-hybridized carbons (Fsp3) is 0.286. The van der Waals surface area contributed by atoms with E-state index in [0.29, 0.717) is 0 Å². The molecule has 0 saturated heterocycles. The lowest BCUT2D eigenvalue weighted by Gasteiger charge is -2.20. The number of hydrogen-bond acceptors (Lipinski definition) is 3. The van der Waals surface area contributed by atoms with Crippen molar-refractivity contribution >= 4 is 22.7 Å². The molecule has 2 aromatic rings. The van der Waals surface area contributed by atoms with Crippen molar-refractivity contribution in [2.75, 3.05) is 24.2 Å². The molecule has 2 rings (SSSR count). The van der Waals surface area contributed by atoms with E-state index in [9.17, 15) is 0 Å². The molecule has 1 heterocycles. The number of anilines is 2. The lowest BCUT2D eigenvalue weighted by molar-refractivity contribution is 0.885. The van der Waals surface area contributed by atoms with E-state index >= 15 is 0 Å². The van der Waals surface area contributed by atoms with Gasteiger partial charge in [0, 0.05) is 18.5 Å². The number of benzene rings is 1. The maximum atomic E-state index is 5.96. The molecule has 0 atom stereocenters. The molecule has 0 fully saturated rings. The Morgan fingerprint density at radius 1 is 1.24 bits per heavy atom. The topological polar surface area (TPSA) is 29.3 Å². The van der Waals surface area contributed by atoms with E-state index in [1.807, 2.05) is 29.5 Å². The average molecular weight is 246 g/mol. The SMILES string of the molecule is Cc1ccsc1CCN(C)c1ccccc1N. The van der Waals surface area contributed by atoms with Gasteiger partial charge in [0.15, 0.2) is 0 Å². The normalized spacial score (nSPS) is 10.5. The molecule has 0 aliphatic heterocycles. The van der Waals surface area contributed by atoms with Crippen molar-refractivity contribution in [2.45, 2.75) is 13.3 Å². The zero-order valence-electron chi connectivity index (χ0n) is 10.3. The van der Waals surface area contributed by atoms with Crippen LogP contribution in [0.3, 0.4) is 0 Å². The van der Waals surface area contributed by atoms with E-state index in [4.69, 9.17) is 5.73 Å². The molecule has 2 nitrogen and oxygen atoms in total. The number of rotatable bonds is 4. The highest BCUT2D eigenvalue weighted by molar-refractivity contribution is 7.10. The standard InChI is InChI=1S/C14H18N2S/c1-11-8-10-17-14(11)7-9-16(2)13-6-4-3-5-12(13)15/h3-6,8,10H,7,9,15H2,1-2H3. The summed E-state index contributed by atoms with van der Waals surface area (Å²) in [5, 5.41) is 2.15. The van der Waals surface area contributed by atoms with Crippen LogP contribution in [-0.4, -0.2) is 13.6 Å². The van der Waals surface area contributed by atoms with E-state index in [2.05, 4.69) is 36.4 Å². The van der Waals surface area contributed by atoms with Gasteiger partial charge in [-0.15, -0.1) is 11.3 Å². The third-order valence-corrected chi connectivity index (χ3v) is 4.07. The molecule has 0 saturated carbocycles. The number of nitrogens with two attached hydrogens (primary N) is 1. The first kappa shape index (κ1) is 12.0. The van der Waals surface area contributed by atoms with Crippen LogP contribution >= 0.6 is 11.3 Å². The second-order valence-electron chi connectivity index (χ2n) is 4.26. The number of nitrogen functional groups attached to an aromatic ring is 1. The molecule has 17 heavy (non-hydrogen) atoms. The first-order valence-electron chi connectivity index (χ1n) is 5.77. The Bertz CT molecular complexity index is 490. The third kappa shape index (κ3) is 2.80. The first-order valence-corrected chi connectivity index (χ1v) is 6.65. The summed E-state index contributed by atoms with van der Waals surface area (Å²) in [6.07, 6.45) is 1.08. The quantitative estimate of drug-likeness (QED) is 0.839. The molecule has 0 bridgehead atoms. The maximum absolute atomic E-state index is 5.96. The summed E-state index contributed by atoms with van der Waals surface area (Å²) in [5.74, 6) is 0. The Balaban J connectivity index is 2.01. The van der Waals surface area contributed by atoms with Gasteiger partial charge in [0.1, 0.15) is 0 Å². The van der Waals surface area contributed by atoms with Crippen molar-refractivity contribution < 1.29 is 0 Å². The second kappa shape index (κ2) is 5.23. The third-order valence-electron chi connectivity index (χ3n) is 2.99. The molecule has 3 heteroatoms. The molecule has 0 spiro atoms. The number of thiophene rings is 1. The Labute approximate surface area is 107 Å². The van der Waals surface area contributed by atoms with Crippen molar-refractivity contribution in [1.82, 2.24) is 0 Å². The van der Waals surface area contributed by atoms with Gasteiger partial charge in [-0.1, -0.05) is 12.1 Å². The number of aryl methyl sites for hydroxylation is 1. The molecule has 0 aliphatic carbocycles. The average Bonchev–Trinajstić information content (AvgIpc) is 2.72. The predicted molar refractivity (Wildman–Crippen MR) is 76.9 cm³/mol. The lowest BCUT2D eigenvalue weighted by atomic mass is 10.2. The lowest BCUT2D eigenvalue weighted by Crippen LogP contribution is -2.21. The Hall–Kier alpha value is -1.48. The Kier molecular flexibility index (Phi) is 3.69. The summed E-state index contributed by atoms with van der Waals surface area (Å²) < 4.78 is 0. The molecular formula is C14H18N2S. The van der Waals surface area contributed by atoms with E-state index in [1.165, 1.54) is 10.4 Å². The monoisotopic (exact) mass is 246 g/mol. The first-order chi connectivity index (χ1) is 8.18. The fourth-order valence-corrected chi connectivity index (χ4v) is 2.78. The van der Waals surface area contributed by atoms with Crippen LogP contribution in [0.5, 0.6) is 0 Å². The molecule has 1 aromatic heterocycles. The largest absolute Gasteiger partial charge is 0.397 e. The van der Waals surface area contributed by atoms with Gasteiger partial charge in [0.25, 0.3) is 0 Å². The minimum atomic E-state index is 0.845. The van der Waals surface area contributed by atoms with E-state index in [0.717, 1.165) is 24.3 Å². The molecule has 0 unspecified atom stereocenters. The number of hydrogen-bond donors (Lipinski definition) is 1. The van der Waals surface area contributed by atoms with Crippen LogP contribution in [0.25, 0.3) is 0 Å². The highest BCUT2D eigenvalue weighted by atomic mass is 32.1. The van der Waals surface area contributed by atoms with Crippen molar-refractivity contribution in [3.05, 3.63) is 46.2 Å². The van der Waals surface area contributed by atoms with Crippen molar-refractivity contribution in [2.24, 2.45) is 0 Å². The second-order valence-corrected chi connectivity index (χ2v) is 5.26. The molecule has 1 aromatic carbocycles. The summed E-state index contributed by atoms with van der Waals surface area (Å²) >= 11 is 1.83. The van der Waals surface area contributed by atoms with Gasteiger partial charge in [-0.25, -0.2) is 0 Å². The molecule has 0 radical (unpaired) electrons. The van der Waals surface area contributed by atoms with Crippen LogP contribution in [0.2, 0.25) is 0 Å². The van der Waals surface area contributed by atoms with Crippen molar-refractivity contribution in [1.29, 1.82) is 0 Å². The number of likely N-dealkylation sites (N-methyl/N-ethyl adjacent to an activating group) is 1. The molecule has 2 N–H and O–H groups in total. The summed E-state index contributed by atoms with van der Waals surface area (Å²) in [6, 6.07) is 10.2. The van der Waals surface area contributed by atoms with Crippen LogP contribution in [0.1, 0.15) is 10.4 Å². The maximum Gasteiger partial charge on any atom is 0.0597 e. The number of nitrogens with zero attached hydrogens (tertiary/aromatic N) is 1. The molecular weight excluding hydrogens is 228 g/mol. The summed E-state index contributed by atoms with van der Waals surface area (Å²) in [5.41, 5.74) is 9.31. The smallest absolute Gasteiger partial charge is 0.0597 e. The predicted octanol–water partition coefficient (Wildman–Crippen LogP) is 3.32. The van der Waals surface area contributed by atoms with Crippen molar-refractivity contribution in [3.63, 3.8) is 0 Å². The highest BCUT2D eigenvalue weighted by Crippen LogP contribution is 2.22. The van der Waals surface area contributed by atoms with Crippen LogP contribution in [0, 0.1) is 6.92 Å². The van der Waals surface area contributed by atoms with Crippen LogP contribution < -0.4 is 10.6 Å². The highest BCUT2D eigenvalue weighted by Gasteiger charge is 2.06. The van der Waals surface area contributed by atoms with Crippen LogP contribution in [-0.2, 0) is 6.42 Å². The number of para-hydroxylation sites is 2. The van der Waals surface area contributed by atoms with Gasteiger partial charge in [0.05, 0.1) is 11.4 Å². The van der Waals surface area contributed by atoms with Crippen molar-refractivity contribution in [3.8, 4) is 0 Å². The van der Waals surface area contributed by atoms with Gasteiger partial charge in [-0.05, 0) is 42.5 Å². The van der Waals surface area contributed by atoms with Crippen LogP contribution in [0.15, 0.2) is 35.7 Å². The fourth-order valence-electron chi connectivity index (χ4n) is 1.89. The van der Waals surface area contributed by atoms with Gasteiger partial charge in [-0.3, -0.25) is 0 Å². The molecule has 90 valence electrons. The van der Waals surface area contributed by atoms with Gasteiger partial charge in [-0.2, -0.15) is 0 Å². The van der Waals surface area contributed by atoms with E-state index < -0.39 is 0 Å². The minimum Gasteiger partial charge on any atom is -0.397 e. The summed E-state index contributed by atoms with van der Waals surface area (Å²) in [4.78, 5) is 3.68. The molecule has 0 aliphatic rings. The summed E-state index contributed by atoms with van der Waals surface area (Å²) in [6.45, 7) is 3.16. The van der Waals surface area contributed by atoms with Gasteiger partial charge < -0.3 is 10.6 Å². The Morgan fingerprint density at radius 2 is 2.00 bits per heavy atom. The zero-order chi connectivity index (χ0) is 12.3. The zero-order valence-corrected chi connectivity index (χ0v) is 11.1. The molecule has 0 amide bonds. The minimum absolute atomic E-state index is 0.845. The Morgan fingerprint density at radius 3 is 2.65 bits per heavy atom. The van der Waals surface area contributed by atoms with Gasteiger partial charge in [0.2, 0.25) is 0 Å². The van der Waals surface area contributed by atoms with E-state index in [1.54, 1.807) is 0 Å².